The van der Waals surface area contributed by atoms with Crippen LogP contribution >= 0.6 is 0 Å². The third-order valence-corrected chi connectivity index (χ3v) is 5.63. The van der Waals surface area contributed by atoms with E-state index in [2.05, 4.69) is 41.8 Å². The zero-order chi connectivity index (χ0) is 27.5. The summed E-state index contributed by atoms with van der Waals surface area (Å²) in [6.07, 6.45) is 5.49. The Bertz CT molecular complexity index is 1260. The van der Waals surface area contributed by atoms with Crippen molar-refractivity contribution >= 4 is 35.1 Å². The maximum Gasteiger partial charge on any atom is 0.328 e. The van der Waals surface area contributed by atoms with Crippen molar-refractivity contribution in [3.63, 3.8) is 0 Å². The van der Waals surface area contributed by atoms with Crippen LogP contribution in [0.15, 0.2) is 97.1 Å². The van der Waals surface area contributed by atoms with E-state index >= 15 is 0 Å². The molecule has 0 atom stereocenters. The van der Waals surface area contributed by atoms with Crippen LogP contribution in [0.5, 0.6) is 0 Å². The Labute approximate surface area is 220 Å². The lowest BCUT2D eigenvalue weighted by Gasteiger charge is -2.20. The summed E-state index contributed by atoms with van der Waals surface area (Å²) in [6.45, 7) is 2.13. The molecule has 0 saturated carbocycles. The molecule has 0 aromatic heterocycles. The van der Waals surface area contributed by atoms with Crippen molar-refractivity contribution in [2.24, 2.45) is 0 Å². The van der Waals surface area contributed by atoms with Gasteiger partial charge in [0.1, 0.15) is 0 Å². The molecular formula is C30H28N2O6. The molecule has 8 nitrogen and oxygen atoms in total. The number of benzene rings is 3. The molecule has 3 aromatic carbocycles. The Hall–Kier alpha value is -4.98. The van der Waals surface area contributed by atoms with E-state index in [0.29, 0.717) is 11.4 Å². The number of carbonyl (C=O) groups excluding carboxylic acids is 2. The van der Waals surface area contributed by atoms with Crippen LogP contribution in [-0.4, -0.2) is 34.0 Å². The molecule has 4 N–H and O–H groups in total. The van der Waals surface area contributed by atoms with Crippen LogP contribution in [0.4, 0.5) is 11.4 Å². The zero-order valence-electron chi connectivity index (χ0n) is 20.8. The lowest BCUT2D eigenvalue weighted by atomic mass is 9.84. The predicted molar refractivity (Wildman–Crippen MR) is 145 cm³/mol. The lowest BCUT2D eigenvalue weighted by molar-refractivity contribution is -0.132. The number of carboxylic acid groups (broad SMARTS) is 2. The van der Waals surface area contributed by atoms with Crippen molar-refractivity contribution in [1.82, 2.24) is 0 Å². The van der Waals surface area contributed by atoms with E-state index in [9.17, 15) is 19.2 Å². The molecule has 0 saturated heterocycles. The van der Waals surface area contributed by atoms with Crippen LogP contribution in [0.1, 0.15) is 41.5 Å². The topological polar surface area (TPSA) is 133 Å². The van der Waals surface area contributed by atoms with E-state index in [-0.39, 0.29) is 5.92 Å². The lowest BCUT2D eigenvalue weighted by Crippen LogP contribution is -2.10. The minimum atomic E-state index is -1.20. The molecule has 0 aliphatic carbocycles. The molecule has 3 aromatic rings. The van der Waals surface area contributed by atoms with Gasteiger partial charge in [-0.25, -0.2) is 9.59 Å². The number of aryl methyl sites for hydroxylation is 1. The summed E-state index contributed by atoms with van der Waals surface area (Å²) < 4.78 is 0. The highest BCUT2D eigenvalue weighted by atomic mass is 16.4. The van der Waals surface area contributed by atoms with Crippen molar-refractivity contribution < 1.29 is 29.4 Å². The van der Waals surface area contributed by atoms with Crippen molar-refractivity contribution in [2.75, 3.05) is 10.6 Å². The largest absolute Gasteiger partial charge is 0.478 e. The van der Waals surface area contributed by atoms with Gasteiger partial charge in [0.05, 0.1) is 0 Å². The van der Waals surface area contributed by atoms with Gasteiger partial charge in [-0.1, -0.05) is 61.9 Å². The van der Waals surface area contributed by atoms with Gasteiger partial charge in [-0.2, -0.15) is 0 Å². The molecule has 0 heterocycles. The molecule has 0 fully saturated rings. The van der Waals surface area contributed by atoms with Crippen LogP contribution in [-0.2, 0) is 25.6 Å². The summed E-state index contributed by atoms with van der Waals surface area (Å²) >= 11 is 0. The standard InChI is InChI=1S/C30H28N2O6/c1-2-3-20-4-6-21(7-5-20)30(22-8-12-24(13-9-22)31-26(33)16-18-28(35)36)23-10-14-25(15-11-23)32-27(34)17-19-29(37)38/h4-19,30H,2-3H2,1H3,(H,31,33)(H,32,34)(H,35,36)(H,37,38)/b18-16+,19-17+. The third kappa shape index (κ3) is 8.30. The van der Waals surface area contributed by atoms with Gasteiger partial charge in [0.2, 0.25) is 11.8 Å². The predicted octanol–water partition coefficient (Wildman–Crippen LogP) is 4.98. The van der Waals surface area contributed by atoms with Crippen LogP contribution in [0.2, 0.25) is 0 Å². The van der Waals surface area contributed by atoms with E-state index < -0.39 is 23.8 Å². The van der Waals surface area contributed by atoms with Crippen molar-refractivity contribution in [3.05, 3.63) is 119 Å². The summed E-state index contributed by atoms with van der Waals surface area (Å²) in [5.41, 5.74) is 5.29. The van der Waals surface area contributed by atoms with Gasteiger partial charge in [0, 0.05) is 41.6 Å². The molecular weight excluding hydrogens is 484 g/mol. The molecule has 194 valence electrons. The molecule has 8 heteroatoms. The SMILES string of the molecule is CCCc1ccc(C(c2ccc(NC(=O)/C=C/C(=O)O)cc2)c2ccc(NC(=O)/C=C/C(=O)O)cc2)cc1. The summed E-state index contributed by atoms with van der Waals surface area (Å²) in [6, 6.07) is 23.0. The number of nitrogens with one attached hydrogen (secondary N) is 2. The molecule has 0 spiro atoms. The van der Waals surface area contributed by atoms with E-state index in [1.54, 1.807) is 24.3 Å². The fourth-order valence-electron chi connectivity index (χ4n) is 3.92. The number of amides is 2. The molecule has 0 aliphatic heterocycles. The Morgan fingerprint density at radius 3 is 1.34 bits per heavy atom. The summed E-state index contributed by atoms with van der Waals surface area (Å²) in [5, 5.41) is 22.6. The summed E-state index contributed by atoms with van der Waals surface area (Å²) in [5.74, 6) is -3.63. The van der Waals surface area contributed by atoms with Gasteiger partial charge < -0.3 is 20.8 Å². The van der Waals surface area contributed by atoms with Gasteiger partial charge in [-0.3, -0.25) is 9.59 Å². The maximum atomic E-state index is 11.9. The highest BCUT2D eigenvalue weighted by Crippen LogP contribution is 2.33. The summed E-state index contributed by atoms with van der Waals surface area (Å²) in [4.78, 5) is 45.1. The first kappa shape index (κ1) is 27.6. The van der Waals surface area contributed by atoms with Gasteiger partial charge >= 0.3 is 11.9 Å². The molecule has 0 bridgehead atoms. The quantitative estimate of drug-likeness (QED) is 0.212. The van der Waals surface area contributed by atoms with E-state index in [4.69, 9.17) is 10.2 Å². The number of carbonyl (C=O) groups is 4. The normalized spacial score (nSPS) is 11.1. The first-order valence-electron chi connectivity index (χ1n) is 12.0. The van der Waals surface area contributed by atoms with Crippen LogP contribution < -0.4 is 10.6 Å². The minimum Gasteiger partial charge on any atom is -0.478 e. The third-order valence-electron chi connectivity index (χ3n) is 5.63. The van der Waals surface area contributed by atoms with Crippen molar-refractivity contribution in [1.29, 1.82) is 0 Å². The molecule has 38 heavy (non-hydrogen) atoms. The van der Waals surface area contributed by atoms with E-state index in [1.165, 1.54) is 5.56 Å². The average Bonchev–Trinajstić information content (AvgIpc) is 2.89. The highest BCUT2D eigenvalue weighted by Gasteiger charge is 2.17. The monoisotopic (exact) mass is 512 g/mol. The summed E-state index contributed by atoms with van der Waals surface area (Å²) in [7, 11) is 0. The zero-order valence-corrected chi connectivity index (χ0v) is 20.8. The second kappa shape index (κ2) is 13.4. The highest BCUT2D eigenvalue weighted by molar-refractivity contribution is 6.03. The number of aliphatic carboxylic acids is 2. The van der Waals surface area contributed by atoms with Crippen molar-refractivity contribution in [2.45, 2.75) is 25.7 Å². The Kier molecular flexibility index (Phi) is 9.71. The first-order chi connectivity index (χ1) is 18.2. The van der Waals surface area contributed by atoms with Crippen LogP contribution in [0, 0.1) is 0 Å². The average molecular weight is 513 g/mol. The number of hydrogen-bond acceptors (Lipinski definition) is 4. The van der Waals surface area contributed by atoms with Gasteiger partial charge in [-0.05, 0) is 52.9 Å². The van der Waals surface area contributed by atoms with Crippen LogP contribution in [0.25, 0.3) is 0 Å². The number of carboxylic acids is 2. The van der Waals surface area contributed by atoms with Crippen LogP contribution in [0.3, 0.4) is 0 Å². The first-order valence-corrected chi connectivity index (χ1v) is 12.0. The minimum absolute atomic E-state index is 0.140. The molecule has 3 rings (SSSR count). The number of anilines is 2. The molecule has 0 unspecified atom stereocenters. The fraction of sp³-hybridized carbons (Fsp3) is 0.133. The van der Waals surface area contributed by atoms with Gasteiger partial charge in [0.15, 0.2) is 0 Å². The smallest absolute Gasteiger partial charge is 0.328 e. The van der Waals surface area contributed by atoms with Gasteiger partial charge in [-0.15, -0.1) is 0 Å². The van der Waals surface area contributed by atoms with Gasteiger partial charge in [0.25, 0.3) is 0 Å². The Balaban J connectivity index is 1.88. The van der Waals surface area contributed by atoms with E-state index in [0.717, 1.165) is 53.8 Å². The Morgan fingerprint density at radius 1 is 0.632 bits per heavy atom. The maximum absolute atomic E-state index is 11.9. The molecule has 0 radical (unpaired) electrons. The number of hydrogen-bond donors (Lipinski definition) is 4. The van der Waals surface area contributed by atoms with E-state index in [1.807, 2.05) is 24.3 Å². The number of rotatable bonds is 11. The second-order valence-electron chi connectivity index (χ2n) is 8.49. The second-order valence-corrected chi connectivity index (χ2v) is 8.49. The fourth-order valence-corrected chi connectivity index (χ4v) is 3.92. The molecule has 2 amide bonds. The van der Waals surface area contributed by atoms with Crippen molar-refractivity contribution in [3.8, 4) is 0 Å². The Morgan fingerprint density at radius 2 is 1.00 bits per heavy atom. The molecule has 0 aliphatic rings.